The molecule has 0 spiro atoms. The van der Waals surface area contributed by atoms with Crippen LogP contribution in [0.3, 0.4) is 0 Å². The van der Waals surface area contributed by atoms with Crippen molar-refractivity contribution in [2.45, 2.75) is 26.6 Å². The first-order valence-electron chi connectivity index (χ1n) is 6.37. The van der Waals surface area contributed by atoms with E-state index in [1.807, 2.05) is 49.4 Å². The van der Waals surface area contributed by atoms with Crippen molar-refractivity contribution in [3.63, 3.8) is 0 Å². The summed E-state index contributed by atoms with van der Waals surface area (Å²) in [6.45, 7) is 3.29. The summed E-state index contributed by atoms with van der Waals surface area (Å²) in [6.07, 6.45) is 0. The van der Waals surface area contributed by atoms with Crippen molar-refractivity contribution in [2.75, 3.05) is 0 Å². The Kier molecular flexibility index (Phi) is 4.55. The van der Waals surface area contributed by atoms with Crippen molar-refractivity contribution in [3.05, 3.63) is 64.7 Å². The number of phenols is 1. The van der Waals surface area contributed by atoms with Gasteiger partial charge in [0.2, 0.25) is 0 Å². The molecule has 0 aromatic heterocycles. The number of hydrogen-bond donors (Lipinski definition) is 3. The maximum Gasteiger partial charge on any atom is 0.122 e. The molecule has 0 atom stereocenters. The van der Waals surface area contributed by atoms with E-state index in [0.717, 1.165) is 22.3 Å². The highest BCUT2D eigenvalue weighted by molar-refractivity contribution is 5.39. The van der Waals surface area contributed by atoms with Crippen LogP contribution in [-0.2, 0) is 19.7 Å². The fourth-order valence-electron chi connectivity index (χ4n) is 2.04. The Labute approximate surface area is 113 Å². The van der Waals surface area contributed by atoms with Gasteiger partial charge in [-0.25, -0.2) is 0 Å². The van der Waals surface area contributed by atoms with E-state index in [9.17, 15) is 5.11 Å². The first-order valence-corrected chi connectivity index (χ1v) is 6.37. The van der Waals surface area contributed by atoms with Crippen LogP contribution in [0.25, 0.3) is 0 Å². The average Bonchev–Trinajstić information content (AvgIpc) is 2.44. The van der Waals surface area contributed by atoms with Gasteiger partial charge in [0, 0.05) is 18.7 Å². The molecule has 0 amide bonds. The van der Waals surface area contributed by atoms with Crippen LogP contribution in [0.1, 0.15) is 22.3 Å². The Bertz CT molecular complexity index is 552. The molecular formula is C16H19NO2. The lowest BCUT2D eigenvalue weighted by atomic mass is 10.1. The molecule has 2 aromatic rings. The number of aromatic hydroxyl groups is 1. The van der Waals surface area contributed by atoms with Crippen molar-refractivity contribution in [2.24, 2.45) is 0 Å². The van der Waals surface area contributed by atoms with E-state index in [1.54, 1.807) is 0 Å². The van der Waals surface area contributed by atoms with Gasteiger partial charge in [0.15, 0.2) is 0 Å². The summed E-state index contributed by atoms with van der Waals surface area (Å²) in [7, 11) is 0. The second-order valence-corrected chi connectivity index (χ2v) is 4.66. The predicted molar refractivity (Wildman–Crippen MR) is 75.8 cm³/mol. The molecule has 0 heterocycles. The molecule has 0 aliphatic rings. The number of nitrogens with one attached hydrogen (secondary N) is 1. The lowest BCUT2D eigenvalue weighted by molar-refractivity contribution is 0.281. The summed E-state index contributed by atoms with van der Waals surface area (Å²) < 4.78 is 0. The maximum atomic E-state index is 9.90. The number of para-hydroxylation sites is 1. The Morgan fingerprint density at radius 2 is 1.74 bits per heavy atom. The van der Waals surface area contributed by atoms with Gasteiger partial charge in [0.25, 0.3) is 0 Å². The van der Waals surface area contributed by atoms with Gasteiger partial charge in [-0.15, -0.1) is 0 Å². The van der Waals surface area contributed by atoms with Gasteiger partial charge in [-0.1, -0.05) is 42.5 Å². The third-order valence-electron chi connectivity index (χ3n) is 3.14. The highest BCUT2D eigenvalue weighted by Crippen LogP contribution is 2.21. The quantitative estimate of drug-likeness (QED) is 0.771. The number of aryl methyl sites for hydroxylation is 1. The van der Waals surface area contributed by atoms with E-state index in [-0.39, 0.29) is 6.61 Å². The first kappa shape index (κ1) is 13.6. The van der Waals surface area contributed by atoms with Crippen molar-refractivity contribution in [1.29, 1.82) is 0 Å². The first-order chi connectivity index (χ1) is 9.20. The molecule has 0 radical (unpaired) electrons. The van der Waals surface area contributed by atoms with Crippen LogP contribution in [0, 0.1) is 6.92 Å². The number of aliphatic hydroxyl groups is 1. The highest BCUT2D eigenvalue weighted by Gasteiger charge is 2.03. The molecule has 3 heteroatoms. The Morgan fingerprint density at radius 3 is 2.53 bits per heavy atom. The van der Waals surface area contributed by atoms with E-state index in [0.29, 0.717) is 18.8 Å². The molecule has 0 bridgehead atoms. The van der Waals surface area contributed by atoms with Crippen molar-refractivity contribution >= 4 is 0 Å². The molecule has 0 unspecified atom stereocenters. The van der Waals surface area contributed by atoms with Crippen LogP contribution < -0.4 is 5.32 Å². The monoisotopic (exact) mass is 257 g/mol. The number of phenolic OH excluding ortho intramolecular Hbond substituents is 1. The van der Waals surface area contributed by atoms with Crippen LogP contribution >= 0.6 is 0 Å². The molecule has 2 aromatic carbocycles. The standard InChI is InChI=1S/C16H19NO2/c1-12-4-2-7-15(16(12)19)10-17-9-13-5-3-6-14(8-13)11-18/h2-8,17-19H,9-11H2,1H3. The molecular weight excluding hydrogens is 238 g/mol. The Hall–Kier alpha value is -1.84. The number of rotatable bonds is 5. The fraction of sp³-hybridized carbons (Fsp3) is 0.250. The van der Waals surface area contributed by atoms with Gasteiger partial charge in [0.1, 0.15) is 5.75 Å². The van der Waals surface area contributed by atoms with E-state index >= 15 is 0 Å². The molecule has 19 heavy (non-hydrogen) atoms. The average molecular weight is 257 g/mol. The maximum absolute atomic E-state index is 9.90. The zero-order chi connectivity index (χ0) is 13.7. The molecule has 2 rings (SSSR count). The summed E-state index contributed by atoms with van der Waals surface area (Å²) in [6, 6.07) is 13.6. The minimum Gasteiger partial charge on any atom is -0.507 e. The van der Waals surface area contributed by atoms with Crippen LogP contribution in [0.2, 0.25) is 0 Å². The fourth-order valence-corrected chi connectivity index (χ4v) is 2.04. The Balaban J connectivity index is 1.94. The molecule has 0 aliphatic carbocycles. The van der Waals surface area contributed by atoms with E-state index < -0.39 is 0 Å². The van der Waals surface area contributed by atoms with Gasteiger partial charge in [0.05, 0.1) is 6.61 Å². The number of aliphatic hydroxyl groups excluding tert-OH is 1. The van der Waals surface area contributed by atoms with Gasteiger partial charge >= 0.3 is 0 Å². The van der Waals surface area contributed by atoms with E-state index in [2.05, 4.69) is 5.32 Å². The third kappa shape index (κ3) is 3.56. The topological polar surface area (TPSA) is 52.5 Å². The third-order valence-corrected chi connectivity index (χ3v) is 3.14. The SMILES string of the molecule is Cc1cccc(CNCc2cccc(CO)c2)c1O. The zero-order valence-corrected chi connectivity index (χ0v) is 11.1. The van der Waals surface area contributed by atoms with Crippen LogP contribution in [0.15, 0.2) is 42.5 Å². The number of benzene rings is 2. The molecule has 0 aliphatic heterocycles. The lowest BCUT2D eigenvalue weighted by Crippen LogP contribution is -2.13. The molecule has 0 saturated carbocycles. The molecule has 3 N–H and O–H groups in total. The molecule has 0 fully saturated rings. The minimum atomic E-state index is 0.0620. The smallest absolute Gasteiger partial charge is 0.122 e. The van der Waals surface area contributed by atoms with Gasteiger partial charge in [-0.05, 0) is 23.6 Å². The predicted octanol–water partition coefficient (Wildman–Crippen LogP) is 2.48. The molecule has 3 nitrogen and oxygen atoms in total. The lowest BCUT2D eigenvalue weighted by Gasteiger charge is -2.09. The zero-order valence-electron chi connectivity index (χ0n) is 11.1. The molecule has 0 saturated heterocycles. The normalized spacial score (nSPS) is 10.6. The van der Waals surface area contributed by atoms with E-state index in [1.165, 1.54) is 0 Å². The van der Waals surface area contributed by atoms with Crippen molar-refractivity contribution < 1.29 is 10.2 Å². The van der Waals surface area contributed by atoms with Gasteiger partial charge in [-0.3, -0.25) is 0 Å². The summed E-state index contributed by atoms with van der Waals surface area (Å²) in [4.78, 5) is 0. The van der Waals surface area contributed by atoms with Crippen LogP contribution in [0.4, 0.5) is 0 Å². The Morgan fingerprint density at radius 1 is 1.00 bits per heavy atom. The minimum absolute atomic E-state index is 0.0620. The van der Waals surface area contributed by atoms with Crippen molar-refractivity contribution in [3.8, 4) is 5.75 Å². The van der Waals surface area contributed by atoms with Gasteiger partial charge in [-0.2, -0.15) is 0 Å². The van der Waals surface area contributed by atoms with Gasteiger partial charge < -0.3 is 15.5 Å². The summed E-state index contributed by atoms with van der Waals surface area (Å²) in [5, 5.41) is 22.3. The molecule has 100 valence electrons. The summed E-state index contributed by atoms with van der Waals surface area (Å²) >= 11 is 0. The van der Waals surface area contributed by atoms with Crippen LogP contribution in [0.5, 0.6) is 5.75 Å². The highest BCUT2D eigenvalue weighted by atomic mass is 16.3. The summed E-state index contributed by atoms with van der Waals surface area (Å²) in [5.74, 6) is 0.360. The van der Waals surface area contributed by atoms with Crippen LogP contribution in [-0.4, -0.2) is 10.2 Å². The summed E-state index contributed by atoms with van der Waals surface area (Å²) in [5.41, 5.74) is 3.83. The second kappa shape index (κ2) is 6.36. The number of hydrogen-bond acceptors (Lipinski definition) is 3. The largest absolute Gasteiger partial charge is 0.507 e. The van der Waals surface area contributed by atoms with E-state index in [4.69, 9.17) is 5.11 Å². The van der Waals surface area contributed by atoms with Crippen molar-refractivity contribution in [1.82, 2.24) is 5.32 Å². The second-order valence-electron chi connectivity index (χ2n) is 4.66.